The van der Waals surface area contributed by atoms with Crippen molar-refractivity contribution >= 4 is 9.52 Å². The van der Waals surface area contributed by atoms with Crippen LogP contribution in [0.3, 0.4) is 0 Å². The van der Waals surface area contributed by atoms with Crippen LogP contribution in [0.15, 0.2) is 72.8 Å². The van der Waals surface area contributed by atoms with Gasteiger partial charge in [0.2, 0.25) is 0 Å². The number of ether oxygens (including phenoxy) is 1. The second-order valence-electron chi connectivity index (χ2n) is 10.1. The number of rotatable bonds is 6. The highest BCUT2D eigenvalue weighted by atomic mass is 28.2. The normalized spacial score (nSPS) is 12.2. The highest BCUT2D eigenvalue weighted by molar-refractivity contribution is 6.39. The minimum atomic E-state index is -0.155. The van der Waals surface area contributed by atoms with E-state index in [-0.39, 0.29) is 10.8 Å². The third-order valence-electron chi connectivity index (χ3n) is 5.49. The van der Waals surface area contributed by atoms with Crippen LogP contribution in [0.5, 0.6) is 11.5 Å². The molecule has 3 rings (SSSR count). The lowest BCUT2D eigenvalue weighted by atomic mass is 9.81. The summed E-state index contributed by atoms with van der Waals surface area (Å²) in [5, 5.41) is 10.7. The molecule has 3 heteroatoms. The van der Waals surface area contributed by atoms with Crippen LogP contribution in [-0.2, 0) is 10.8 Å². The largest absolute Gasteiger partial charge is 0.508 e. The first-order chi connectivity index (χ1) is 14.6. The van der Waals surface area contributed by atoms with Gasteiger partial charge in [0, 0.05) is 16.7 Å². The minimum absolute atomic E-state index is 0.120. The first-order valence-corrected chi connectivity index (χ1v) is 12.2. The lowest BCUT2D eigenvalue weighted by Crippen LogP contribution is -2.21. The molecule has 0 fully saturated rings. The lowest BCUT2D eigenvalue weighted by Gasteiger charge is -2.28. The van der Waals surface area contributed by atoms with Crippen molar-refractivity contribution in [2.24, 2.45) is 0 Å². The Bertz CT molecular complexity index is 944. The maximum atomic E-state index is 10.7. The molecule has 0 atom stereocenters. The Labute approximate surface area is 190 Å². The minimum Gasteiger partial charge on any atom is -0.508 e. The molecule has 3 aromatic rings. The van der Waals surface area contributed by atoms with Gasteiger partial charge in [-0.25, -0.2) is 0 Å². The van der Waals surface area contributed by atoms with E-state index in [1.54, 1.807) is 0 Å². The fourth-order valence-corrected chi connectivity index (χ4v) is 5.06. The van der Waals surface area contributed by atoms with Gasteiger partial charge in [0.1, 0.15) is 21.0 Å². The lowest BCUT2D eigenvalue weighted by molar-refractivity contribution is 0.363. The van der Waals surface area contributed by atoms with Crippen LogP contribution < -0.4 is 4.74 Å². The number of hydrogen-bond donors (Lipinski definition) is 1. The Morgan fingerprint density at radius 1 is 0.742 bits per heavy atom. The van der Waals surface area contributed by atoms with Crippen molar-refractivity contribution in [1.29, 1.82) is 0 Å². The molecule has 0 amide bonds. The summed E-state index contributed by atoms with van der Waals surface area (Å²) in [7, 11) is 0.580. The van der Waals surface area contributed by atoms with Gasteiger partial charge >= 0.3 is 0 Å². The van der Waals surface area contributed by atoms with Gasteiger partial charge in [0.25, 0.3) is 0 Å². The predicted molar refractivity (Wildman–Crippen MR) is 131 cm³/mol. The van der Waals surface area contributed by atoms with E-state index < -0.39 is 0 Å². The number of benzene rings is 3. The summed E-state index contributed by atoms with van der Waals surface area (Å²) < 4.78 is 6.43. The monoisotopic (exact) mass is 430 g/mol. The van der Waals surface area contributed by atoms with Gasteiger partial charge in [-0.1, -0.05) is 102 Å². The molecule has 2 nitrogen and oxygen atoms in total. The summed E-state index contributed by atoms with van der Waals surface area (Å²) in [6, 6.07) is 25.3. The van der Waals surface area contributed by atoms with Gasteiger partial charge in [-0.15, -0.1) is 0 Å². The summed E-state index contributed by atoms with van der Waals surface area (Å²) in [4.78, 5) is 0. The van der Waals surface area contributed by atoms with Gasteiger partial charge in [0.05, 0.1) is 6.23 Å². The van der Waals surface area contributed by atoms with Gasteiger partial charge < -0.3 is 9.84 Å². The Morgan fingerprint density at radius 3 is 1.68 bits per heavy atom. The van der Waals surface area contributed by atoms with Crippen LogP contribution in [0.2, 0.25) is 0 Å². The number of phenolic OH excluding ortho intramolecular Hbond substituents is 1. The third kappa shape index (κ3) is 5.79. The van der Waals surface area contributed by atoms with Crippen molar-refractivity contribution in [3.8, 4) is 11.5 Å². The Kier molecular flexibility index (Phi) is 6.95. The van der Waals surface area contributed by atoms with Crippen LogP contribution in [0.1, 0.15) is 69.3 Å². The molecule has 0 saturated heterocycles. The van der Waals surface area contributed by atoms with Crippen molar-refractivity contribution in [1.82, 2.24) is 0 Å². The smallest absolute Gasteiger partial charge is 0.123 e. The SMILES string of the molecule is CC(C)(C)c1cc(OC[Si]C(c2ccccc2)c2ccccc2)c(C(C)(C)C)cc1O. The molecule has 0 aliphatic rings. The molecule has 0 bridgehead atoms. The molecule has 31 heavy (non-hydrogen) atoms. The van der Waals surface area contributed by atoms with E-state index in [1.807, 2.05) is 12.1 Å². The fourth-order valence-electron chi connectivity index (χ4n) is 3.80. The maximum Gasteiger partial charge on any atom is 0.123 e. The average molecular weight is 431 g/mol. The highest BCUT2D eigenvalue weighted by Gasteiger charge is 2.26. The predicted octanol–water partition coefficient (Wildman–Crippen LogP) is 6.82. The molecule has 0 spiro atoms. The van der Waals surface area contributed by atoms with Crippen molar-refractivity contribution in [3.05, 3.63) is 95.1 Å². The van der Waals surface area contributed by atoms with Crippen LogP contribution in [0.4, 0.5) is 0 Å². The summed E-state index contributed by atoms with van der Waals surface area (Å²) in [6.45, 7) is 12.8. The highest BCUT2D eigenvalue weighted by Crippen LogP contribution is 2.40. The van der Waals surface area contributed by atoms with Gasteiger partial charge in [0.15, 0.2) is 0 Å². The molecule has 3 aromatic carbocycles. The first kappa shape index (κ1) is 23.1. The second-order valence-corrected chi connectivity index (χ2v) is 11.4. The Morgan fingerprint density at radius 2 is 1.23 bits per heavy atom. The van der Waals surface area contributed by atoms with E-state index >= 15 is 0 Å². The molecular weight excluding hydrogens is 396 g/mol. The van der Waals surface area contributed by atoms with Gasteiger partial charge in [-0.2, -0.15) is 0 Å². The fraction of sp³-hybridized carbons (Fsp3) is 0.357. The van der Waals surface area contributed by atoms with Crippen LogP contribution in [0, 0.1) is 0 Å². The molecule has 0 unspecified atom stereocenters. The summed E-state index contributed by atoms with van der Waals surface area (Å²) >= 11 is 0. The van der Waals surface area contributed by atoms with E-state index in [0.717, 1.165) is 16.9 Å². The van der Waals surface area contributed by atoms with Crippen molar-refractivity contribution < 1.29 is 9.84 Å². The van der Waals surface area contributed by atoms with E-state index in [0.29, 0.717) is 27.0 Å². The van der Waals surface area contributed by atoms with Crippen molar-refractivity contribution in [2.75, 3.05) is 6.23 Å². The molecular formula is C28H34O2Si. The quantitative estimate of drug-likeness (QED) is 0.435. The van der Waals surface area contributed by atoms with E-state index in [4.69, 9.17) is 4.74 Å². The first-order valence-electron chi connectivity index (χ1n) is 10.9. The molecule has 0 aliphatic heterocycles. The molecule has 162 valence electrons. The zero-order valence-corrected chi connectivity index (χ0v) is 20.6. The Hall–Kier alpha value is -2.52. The Balaban J connectivity index is 1.88. The number of hydrogen-bond acceptors (Lipinski definition) is 2. The number of phenols is 1. The molecule has 1 N–H and O–H groups in total. The van der Waals surface area contributed by atoms with Gasteiger partial charge in [-0.3, -0.25) is 0 Å². The molecule has 0 aromatic heterocycles. The van der Waals surface area contributed by atoms with Gasteiger partial charge in [-0.05, 0) is 34.1 Å². The van der Waals surface area contributed by atoms with Crippen LogP contribution >= 0.6 is 0 Å². The average Bonchev–Trinajstić information content (AvgIpc) is 2.71. The summed E-state index contributed by atoms with van der Waals surface area (Å²) in [6.07, 6.45) is 0.631. The number of aromatic hydroxyl groups is 1. The van der Waals surface area contributed by atoms with Crippen molar-refractivity contribution in [2.45, 2.75) is 57.9 Å². The molecule has 0 aliphatic carbocycles. The zero-order valence-electron chi connectivity index (χ0n) is 19.6. The summed E-state index contributed by atoms with van der Waals surface area (Å²) in [5.74, 6) is 1.22. The maximum absolute atomic E-state index is 10.7. The molecule has 0 heterocycles. The molecule has 2 radical (unpaired) electrons. The van der Waals surface area contributed by atoms with E-state index in [9.17, 15) is 5.11 Å². The topological polar surface area (TPSA) is 29.5 Å². The van der Waals surface area contributed by atoms with E-state index in [2.05, 4.69) is 102 Å². The molecule has 0 saturated carbocycles. The van der Waals surface area contributed by atoms with Crippen LogP contribution in [-0.4, -0.2) is 20.9 Å². The second kappa shape index (κ2) is 9.31. The zero-order chi connectivity index (χ0) is 22.6. The van der Waals surface area contributed by atoms with Crippen molar-refractivity contribution in [3.63, 3.8) is 0 Å². The third-order valence-corrected chi connectivity index (χ3v) is 6.88. The van der Waals surface area contributed by atoms with Crippen LogP contribution in [0.25, 0.3) is 0 Å². The van der Waals surface area contributed by atoms with E-state index in [1.165, 1.54) is 11.1 Å². The standard InChI is InChI=1S/C28H34O2Si/c1-27(2,3)22-18-25(23(17-24(22)29)28(4,5)6)30-19-31-26(20-13-9-7-10-14-20)21-15-11-8-12-16-21/h7-18,26,29H,19H2,1-6H3. The summed E-state index contributed by atoms with van der Waals surface area (Å²) in [5.41, 5.74) is 4.61.